The van der Waals surface area contributed by atoms with Crippen LogP contribution in [0.1, 0.15) is 43.3 Å². The average molecular weight is 283 g/mol. The largest absolute Gasteiger partial charge is 0.380 e. The molecular weight excluding hydrogens is 258 g/mol. The van der Waals surface area contributed by atoms with Crippen molar-refractivity contribution in [2.24, 2.45) is 0 Å². The first-order valence-electron chi connectivity index (χ1n) is 7.29. The maximum atomic E-state index is 5.45. The van der Waals surface area contributed by atoms with E-state index in [4.69, 9.17) is 9.72 Å². The number of thiazole rings is 1. The van der Waals surface area contributed by atoms with Crippen molar-refractivity contribution in [3.8, 4) is 0 Å². The van der Waals surface area contributed by atoms with E-state index >= 15 is 0 Å². The zero-order valence-corrected chi connectivity index (χ0v) is 13.1. The maximum absolute atomic E-state index is 5.45. The number of aromatic nitrogens is 1. The third-order valence-corrected chi connectivity index (χ3v) is 4.92. The Hall–Kier alpha value is -0.650. The normalized spacial score (nSPS) is 18.4. The van der Waals surface area contributed by atoms with Crippen molar-refractivity contribution in [3.05, 3.63) is 10.6 Å². The molecule has 1 aliphatic carbocycles. The van der Waals surface area contributed by atoms with Gasteiger partial charge in [0.15, 0.2) is 5.13 Å². The van der Waals surface area contributed by atoms with E-state index in [1.54, 1.807) is 0 Å². The highest BCUT2D eigenvalue weighted by molar-refractivity contribution is 7.15. The van der Waals surface area contributed by atoms with Gasteiger partial charge in [0.25, 0.3) is 0 Å². The SMILES string of the molecule is CCOCCN(CC)c1nc2c(s1)C(NC)CCC2. The van der Waals surface area contributed by atoms with Crippen molar-refractivity contribution < 1.29 is 4.74 Å². The number of likely N-dealkylation sites (N-methyl/N-ethyl adjacent to an activating group) is 1. The molecule has 1 aliphatic rings. The fourth-order valence-corrected chi connectivity index (χ4v) is 3.87. The van der Waals surface area contributed by atoms with Gasteiger partial charge in [-0.15, -0.1) is 0 Å². The van der Waals surface area contributed by atoms with Gasteiger partial charge < -0.3 is 15.0 Å². The predicted octanol–water partition coefficient (Wildman–Crippen LogP) is 2.60. The molecule has 0 amide bonds. The van der Waals surface area contributed by atoms with Crippen LogP contribution in [0.2, 0.25) is 0 Å². The lowest BCUT2D eigenvalue weighted by molar-refractivity contribution is 0.154. The second-order valence-corrected chi connectivity index (χ2v) is 5.83. The quantitative estimate of drug-likeness (QED) is 0.781. The first-order chi connectivity index (χ1) is 9.30. The van der Waals surface area contributed by atoms with E-state index in [-0.39, 0.29) is 0 Å². The number of rotatable bonds is 7. The molecule has 0 aromatic carbocycles. The van der Waals surface area contributed by atoms with Gasteiger partial charge in [-0.25, -0.2) is 4.98 Å². The van der Waals surface area contributed by atoms with Gasteiger partial charge in [0.05, 0.1) is 12.3 Å². The molecule has 2 rings (SSSR count). The Morgan fingerprint density at radius 1 is 1.47 bits per heavy atom. The van der Waals surface area contributed by atoms with Crippen molar-refractivity contribution in [1.82, 2.24) is 10.3 Å². The summed E-state index contributed by atoms with van der Waals surface area (Å²) in [5.74, 6) is 0. The van der Waals surface area contributed by atoms with Crippen LogP contribution < -0.4 is 10.2 Å². The molecule has 1 aromatic heterocycles. The Bertz CT molecular complexity index is 394. The second kappa shape index (κ2) is 7.22. The molecule has 0 saturated heterocycles. The van der Waals surface area contributed by atoms with Gasteiger partial charge in [0.1, 0.15) is 0 Å². The Morgan fingerprint density at radius 3 is 3.00 bits per heavy atom. The van der Waals surface area contributed by atoms with Crippen LogP contribution in [0.15, 0.2) is 0 Å². The molecule has 1 unspecified atom stereocenters. The fraction of sp³-hybridized carbons (Fsp3) is 0.786. The number of fused-ring (bicyclic) bond motifs is 1. The molecule has 0 fully saturated rings. The first-order valence-corrected chi connectivity index (χ1v) is 8.11. The van der Waals surface area contributed by atoms with Crippen LogP contribution in [-0.2, 0) is 11.2 Å². The molecule has 0 bridgehead atoms. The second-order valence-electron chi connectivity index (χ2n) is 4.82. The molecular formula is C14H25N3OS. The van der Waals surface area contributed by atoms with E-state index in [1.807, 2.05) is 25.3 Å². The minimum Gasteiger partial charge on any atom is -0.380 e. The summed E-state index contributed by atoms with van der Waals surface area (Å²) in [4.78, 5) is 8.62. The number of aryl methyl sites for hydroxylation is 1. The predicted molar refractivity (Wildman–Crippen MR) is 81.2 cm³/mol. The first kappa shape index (κ1) is 14.8. The number of ether oxygens (including phenoxy) is 1. The number of hydrogen-bond donors (Lipinski definition) is 1. The van der Waals surface area contributed by atoms with Crippen molar-refractivity contribution in [2.45, 2.75) is 39.2 Å². The van der Waals surface area contributed by atoms with Crippen LogP contribution in [0.25, 0.3) is 0 Å². The molecule has 1 atom stereocenters. The van der Waals surface area contributed by atoms with Gasteiger partial charge in [0.2, 0.25) is 0 Å². The molecule has 0 aliphatic heterocycles. The van der Waals surface area contributed by atoms with Crippen LogP contribution >= 0.6 is 11.3 Å². The summed E-state index contributed by atoms with van der Waals surface area (Å²) in [5.41, 5.74) is 1.31. The Labute approximate surface area is 120 Å². The lowest BCUT2D eigenvalue weighted by Crippen LogP contribution is -2.27. The summed E-state index contributed by atoms with van der Waals surface area (Å²) in [6.07, 6.45) is 3.61. The summed E-state index contributed by atoms with van der Waals surface area (Å²) < 4.78 is 5.45. The van der Waals surface area contributed by atoms with Gasteiger partial charge in [-0.1, -0.05) is 11.3 Å². The van der Waals surface area contributed by atoms with Crippen LogP contribution in [0, 0.1) is 0 Å². The summed E-state index contributed by atoms with van der Waals surface area (Å²) in [5, 5.41) is 4.57. The number of anilines is 1. The van der Waals surface area contributed by atoms with Crippen LogP contribution in [0.5, 0.6) is 0 Å². The maximum Gasteiger partial charge on any atom is 0.185 e. The minimum atomic E-state index is 0.501. The highest BCUT2D eigenvalue weighted by Gasteiger charge is 2.24. The van der Waals surface area contributed by atoms with E-state index in [0.29, 0.717) is 6.04 Å². The Kier molecular flexibility index (Phi) is 5.60. The standard InChI is InChI=1S/C14H25N3OS/c1-4-17(9-10-18-5-2)14-16-12-8-6-7-11(15-3)13(12)19-14/h11,15H,4-10H2,1-3H3. The third-order valence-electron chi connectivity index (χ3n) is 3.65. The molecule has 19 heavy (non-hydrogen) atoms. The number of nitrogens with one attached hydrogen (secondary N) is 1. The van der Waals surface area contributed by atoms with Crippen molar-refractivity contribution in [1.29, 1.82) is 0 Å². The lowest BCUT2D eigenvalue weighted by atomic mass is 9.98. The topological polar surface area (TPSA) is 37.4 Å². The van der Waals surface area contributed by atoms with Gasteiger partial charge in [0, 0.05) is 30.6 Å². The van der Waals surface area contributed by atoms with Crippen molar-refractivity contribution in [3.63, 3.8) is 0 Å². The van der Waals surface area contributed by atoms with Gasteiger partial charge in [-0.05, 0) is 40.2 Å². The van der Waals surface area contributed by atoms with Crippen LogP contribution in [-0.4, -0.2) is 38.3 Å². The Balaban J connectivity index is 2.09. The molecule has 0 radical (unpaired) electrons. The summed E-state index contributed by atoms with van der Waals surface area (Å²) in [6, 6.07) is 0.501. The van der Waals surface area contributed by atoms with E-state index in [0.717, 1.165) is 37.9 Å². The molecule has 0 saturated carbocycles. The highest BCUT2D eigenvalue weighted by Crippen LogP contribution is 2.37. The van der Waals surface area contributed by atoms with Crippen molar-refractivity contribution >= 4 is 16.5 Å². The molecule has 0 spiro atoms. The Morgan fingerprint density at radius 2 is 2.32 bits per heavy atom. The summed E-state index contributed by atoms with van der Waals surface area (Å²) in [6.45, 7) is 7.71. The van der Waals surface area contributed by atoms with E-state index in [1.165, 1.54) is 23.4 Å². The lowest BCUT2D eigenvalue weighted by Gasteiger charge is -2.20. The zero-order chi connectivity index (χ0) is 13.7. The molecule has 1 aromatic rings. The molecule has 4 nitrogen and oxygen atoms in total. The van der Waals surface area contributed by atoms with E-state index in [9.17, 15) is 0 Å². The smallest absolute Gasteiger partial charge is 0.185 e. The number of hydrogen-bond acceptors (Lipinski definition) is 5. The molecule has 1 heterocycles. The monoisotopic (exact) mass is 283 g/mol. The zero-order valence-electron chi connectivity index (χ0n) is 12.2. The third kappa shape index (κ3) is 3.46. The van der Waals surface area contributed by atoms with Gasteiger partial charge in [-0.2, -0.15) is 0 Å². The van der Waals surface area contributed by atoms with Crippen LogP contribution in [0.3, 0.4) is 0 Å². The summed E-state index contributed by atoms with van der Waals surface area (Å²) in [7, 11) is 2.05. The molecule has 108 valence electrons. The fourth-order valence-electron chi connectivity index (χ4n) is 2.53. The van der Waals surface area contributed by atoms with Crippen molar-refractivity contribution in [2.75, 3.05) is 38.3 Å². The molecule has 5 heteroatoms. The van der Waals surface area contributed by atoms with Gasteiger partial charge in [-0.3, -0.25) is 0 Å². The van der Waals surface area contributed by atoms with E-state index < -0.39 is 0 Å². The highest BCUT2D eigenvalue weighted by atomic mass is 32.1. The minimum absolute atomic E-state index is 0.501. The number of nitrogens with zero attached hydrogens (tertiary/aromatic N) is 2. The van der Waals surface area contributed by atoms with Crippen LogP contribution in [0.4, 0.5) is 5.13 Å². The van der Waals surface area contributed by atoms with Gasteiger partial charge >= 0.3 is 0 Å². The summed E-state index contributed by atoms with van der Waals surface area (Å²) >= 11 is 1.86. The van der Waals surface area contributed by atoms with E-state index in [2.05, 4.69) is 17.1 Å². The molecule has 1 N–H and O–H groups in total. The average Bonchev–Trinajstić information content (AvgIpc) is 2.87.